The van der Waals surface area contributed by atoms with Gasteiger partial charge in [0.15, 0.2) is 0 Å². The summed E-state index contributed by atoms with van der Waals surface area (Å²) in [5.74, 6) is 0. The van der Waals surface area contributed by atoms with E-state index in [4.69, 9.17) is 4.74 Å². The molecule has 0 amide bonds. The molecule has 122 valence electrons. The SMILES string of the molecule is Cc1ccccc1C1CN(Cc2ccc(S(C)=O)cc2)CCO1. The Kier molecular flexibility index (Phi) is 5.26. The van der Waals surface area contributed by atoms with E-state index >= 15 is 0 Å². The molecule has 3 nitrogen and oxygen atoms in total. The topological polar surface area (TPSA) is 29.5 Å². The first-order valence-electron chi connectivity index (χ1n) is 7.95. The van der Waals surface area contributed by atoms with E-state index in [0.29, 0.717) is 0 Å². The lowest BCUT2D eigenvalue weighted by atomic mass is 10.0. The summed E-state index contributed by atoms with van der Waals surface area (Å²) in [7, 11) is -0.911. The van der Waals surface area contributed by atoms with Crippen molar-refractivity contribution in [2.75, 3.05) is 26.0 Å². The second-order valence-corrected chi connectivity index (χ2v) is 7.43. The van der Waals surface area contributed by atoms with Gasteiger partial charge in [-0.2, -0.15) is 0 Å². The Balaban J connectivity index is 1.67. The predicted molar refractivity (Wildman–Crippen MR) is 93.9 cm³/mol. The molecule has 1 fully saturated rings. The number of nitrogens with zero attached hydrogens (tertiary/aromatic N) is 1. The molecule has 0 spiro atoms. The number of rotatable bonds is 4. The van der Waals surface area contributed by atoms with Gasteiger partial charge in [0, 0.05) is 41.6 Å². The summed E-state index contributed by atoms with van der Waals surface area (Å²) in [6.45, 7) is 5.66. The monoisotopic (exact) mass is 329 g/mol. The minimum absolute atomic E-state index is 0.146. The largest absolute Gasteiger partial charge is 0.371 e. The molecule has 1 aliphatic heterocycles. The lowest BCUT2D eigenvalue weighted by Gasteiger charge is -2.33. The van der Waals surface area contributed by atoms with Gasteiger partial charge in [-0.1, -0.05) is 36.4 Å². The molecule has 0 N–H and O–H groups in total. The van der Waals surface area contributed by atoms with Crippen molar-refractivity contribution >= 4 is 10.8 Å². The molecular formula is C19H23NO2S. The normalized spacial score (nSPS) is 20.3. The molecule has 23 heavy (non-hydrogen) atoms. The van der Waals surface area contributed by atoms with Crippen molar-refractivity contribution in [3.8, 4) is 0 Å². The summed E-state index contributed by atoms with van der Waals surface area (Å²) in [6, 6.07) is 16.5. The maximum Gasteiger partial charge on any atom is 0.0955 e. The third kappa shape index (κ3) is 4.08. The molecule has 1 aliphatic rings. The van der Waals surface area contributed by atoms with Crippen molar-refractivity contribution in [3.05, 3.63) is 65.2 Å². The zero-order chi connectivity index (χ0) is 16.2. The van der Waals surface area contributed by atoms with Crippen LogP contribution < -0.4 is 0 Å². The number of benzene rings is 2. The first kappa shape index (κ1) is 16.4. The number of aryl methyl sites for hydroxylation is 1. The molecule has 1 heterocycles. The summed E-state index contributed by atoms with van der Waals surface area (Å²) in [5.41, 5.74) is 3.83. The number of ether oxygens (including phenoxy) is 1. The van der Waals surface area contributed by atoms with Gasteiger partial charge < -0.3 is 4.74 Å². The van der Waals surface area contributed by atoms with Crippen LogP contribution in [0.1, 0.15) is 22.8 Å². The lowest BCUT2D eigenvalue weighted by Crippen LogP contribution is -2.38. The number of hydrogen-bond donors (Lipinski definition) is 0. The first-order valence-corrected chi connectivity index (χ1v) is 9.51. The molecular weight excluding hydrogens is 306 g/mol. The predicted octanol–water partition coefficient (Wildman–Crippen LogP) is 3.31. The highest BCUT2D eigenvalue weighted by Crippen LogP contribution is 2.25. The molecule has 4 heteroatoms. The van der Waals surface area contributed by atoms with Crippen LogP contribution in [-0.2, 0) is 22.1 Å². The van der Waals surface area contributed by atoms with Crippen LogP contribution in [0, 0.1) is 6.92 Å². The van der Waals surface area contributed by atoms with Gasteiger partial charge in [0.1, 0.15) is 0 Å². The van der Waals surface area contributed by atoms with E-state index in [0.717, 1.165) is 31.1 Å². The molecule has 1 saturated heterocycles. The lowest BCUT2D eigenvalue weighted by molar-refractivity contribution is -0.0332. The van der Waals surface area contributed by atoms with Crippen LogP contribution in [0.3, 0.4) is 0 Å². The summed E-state index contributed by atoms with van der Waals surface area (Å²) in [4.78, 5) is 3.31. The van der Waals surface area contributed by atoms with Gasteiger partial charge in [-0.05, 0) is 35.7 Å². The van der Waals surface area contributed by atoms with E-state index in [-0.39, 0.29) is 6.10 Å². The zero-order valence-electron chi connectivity index (χ0n) is 13.7. The van der Waals surface area contributed by atoms with Crippen LogP contribution in [0.15, 0.2) is 53.4 Å². The Bertz CT molecular complexity index is 684. The van der Waals surface area contributed by atoms with Crippen LogP contribution in [0.25, 0.3) is 0 Å². The average Bonchev–Trinajstić information content (AvgIpc) is 2.56. The van der Waals surface area contributed by atoms with Crippen LogP contribution in [0.2, 0.25) is 0 Å². The van der Waals surface area contributed by atoms with Crippen molar-refractivity contribution < 1.29 is 8.95 Å². The summed E-state index contributed by atoms with van der Waals surface area (Å²) in [6.07, 6.45) is 1.86. The van der Waals surface area contributed by atoms with Gasteiger partial charge in [0.05, 0.1) is 12.7 Å². The molecule has 2 atom stereocenters. The summed E-state index contributed by atoms with van der Waals surface area (Å²) < 4.78 is 17.4. The van der Waals surface area contributed by atoms with E-state index in [9.17, 15) is 4.21 Å². The van der Waals surface area contributed by atoms with Gasteiger partial charge in [-0.15, -0.1) is 0 Å². The Morgan fingerprint density at radius 3 is 2.61 bits per heavy atom. The van der Waals surface area contributed by atoms with Crippen molar-refractivity contribution in [1.29, 1.82) is 0 Å². The second kappa shape index (κ2) is 7.39. The third-order valence-electron chi connectivity index (χ3n) is 4.35. The molecule has 2 aromatic rings. The fourth-order valence-electron chi connectivity index (χ4n) is 3.03. The standard InChI is InChI=1S/C19H23NO2S/c1-15-5-3-4-6-18(15)19-14-20(11-12-22-19)13-16-7-9-17(10-8-16)23(2)21/h3-10,19H,11-14H2,1-2H3. The third-order valence-corrected chi connectivity index (χ3v) is 5.28. The highest BCUT2D eigenvalue weighted by molar-refractivity contribution is 7.84. The maximum absolute atomic E-state index is 11.5. The molecule has 0 bridgehead atoms. The van der Waals surface area contributed by atoms with Gasteiger partial charge in [0.25, 0.3) is 0 Å². The molecule has 0 aliphatic carbocycles. The number of hydrogen-bond acceptors (Lipinski definition) is 3. The van der Waals surface area contributed by atoms with Crippen molar-refractivity contribution in [2.24, 2.45) is 0 Å². The zero-order valence-corrected chi connectivity index (χ0v) is 14.5. The molecule has 0 aromatic heterocycles. The summed E-state index contributed by atoms with van der Waals surface area (Å²) >= 11 is 0. The fourth-order valence-corrected chi connectivity index (χ4v) is 3.55. The van der Waals surface area contributed by atoms with E-state index in [1.54, 1.807) is 6.26 Å². The van der Waals surface area contributed by atoms with E-state index in [2.05, 4.69) is 48.2 Å². The van der Waals surface area contributed by atoms with Crippen molar-refractivity contribution in [1.82, 2.24) is 4.90 Å². The van der Waals surface area contributed by atoms with E-state index in [1.165, 1.54) is 16.7 Å². The Hall–Kier alpha value is -1.49. The second-order valence-electron chi connectivity index (χ2n) is 6.05. The van der Waals surface area contributed by atoms with Crippen LogP contribution in [0.4, 0.5) is 0 Å². The maximum atomic E-state index is 11.5. The van der Waals surface area contributed by atoms with Gasteiger partial charge in [0.2, 0.25) is 0 Å². The van der Waals surface area contributed by atoms with Crippen molar-refractivity contribution in [2.45, 2.75) is 24.5 Å². The molecule has 0 radical (unpaired) electrons. The highest BCUT2D eigenvalue weighted by atomic mass is 32.2. The molecule has 2 unspecified atom stereocenters. The van der Waals surface area contributed by atoms with E-state index < -0.39 is 10.8 Å². The van der Waals surface area contributed by atoms with Crippen LogP contribution in [0.5, 0.6) is 0 Å². The van der Waals surface area contributed by atoms with E-state index in [1.807, 2.05) is 12.1 Å². The van der Waals surface area contributed by atoms with Crippen LogP contribution >= 0.6 is 0 Å². The van der Waals surface area contributed by atoms with Crippen LogP contribution in [-0.4, -0.2) is 35.1 Å². The Labute approximate surface area is 140 Å². The smallest absolute Gasteiger partial charge is 0.0955 e. The number of morpholine rings is 1. The Morgan fingerprint density at radius 2 is 1.91 bits per heavy atom. The molecule has 2 aromatic carbocycles. The van der Waals surface area contributed by atoms with Gasteiger partial charge in [-0.25, -0.2) is 0 Å². The summed E-state index contributed by atoms with van der Waals surface area (Å²) in [5, 5.41) is 0. The minimum Gasteiger partial charge on any atom is -0.371 e. The molecule has 0 saturated carbocycles. The highest BCUT2D eigenvalue weighted by Gasteiger charge is 2.23. The Morgan fingerprint density at radius 1 is 1.17 bits per heavy atom. The first-order chi connectivity index (χ1) is 11.1. The van der Waals surface area contributed by atoms with Crippen molar-refractivity contribution in [3.63, 3.8) is 0 Å². The quantitative estimate of drug-likeness (QED) is 0.862. The molecule has 3 rings (SSSR count). The average molecular weight is 329 g/mol. The van der Waals surface area contributed by atoms with Gasteiger partial charge >= 0.3 is 0 Å². The minimum atomic E-state index is -0.911. The van der Waals surface area contributed by atoms with Gasteiger partial charge in [-0.3, -0.25) is 9.11 Å². The fraction of sp³-hybridized carbons (Fsp3) is 0.368.